The third-order valence-electron chi connectivity index (χ3n) is 2.16. The Morgan fingerprint density at radius 2 is 2.24 bits per heavy atom. The lowest BCUT2D eigenvalue weighted by molar-refractivity contribution is -0.384. The molecule has 1 atom stereocenters. The van der Waals surface area contributed by atoms with E-state index in [1.54, 1.807) is 0 Å². The number of hydrogen-bond acceptors (Lipinski definition) is 5. The number of halogens is 1. The van der Waals surface area contributed by atoms with Crippen LogP contribution in [0.25, 0.3) is 0 Å². The zero-order valence-corrected chi connectivity index (χ0v) is 9.18. The van der Waals surface area contributed by atoms with E-state index in [9.17, 15) is 19.6 Å². The largest absolute Gasteiger partial charge is 0.393 e. The summed E-state index contributed by atoms with van der Waals surface area (Å²) in [5.74, 6) is -0.712. The van der Waals surface area contributed by atoms with E-state index < -0.39 is 28.6 Å². The molecule has 0 saturated carbocycles. The molecule has 0 radical (unpaired) electrons. The molecule has 7 heteroatoms. The Hall–Kier alpha value is -1.73. The maximum absolute atomic E-state index is 12.8. The Bertz CT molecular complexity index is 423. The van der Waals surface area contributed by atoms with Crippen LogP contribution in [0.2, 0.25) is 0 Å². The van der Waals surface area contributed by atoms with Crippen LogP contribution >= 0.6 is 0 Å². The minimum absolute atomic E-state index is 0.0873. The molecule has 0 heterocycles. The van der Waals surface area contributed by atoms with Gasteiger partial charge in [-0.3, -0.25) is 10.1 Å². The van der Waals surface area contributed by atoms with E-state index in [1.165, 1.54) is 13.0 Å². The topological polar surface area (TPSA) is 95.6 Å². The summed E-state index contributed by atoms with van der Waals surface area (Å²) in [6, 6.07) is 3.07. The number of anilines is 1. The molecule has 0 fully saturated rings. The monoisotopic (exact) mass is 244 g/mol. The third kappa shape index (κ3) is 3.65. The second-order valence-electron chi connectivity index (χ2n) is 3.93. The molecular formula is C10H13FN2O4. The van der Waals surface area contributed by atoms with E-state index in [-0.39, 0.29) is 12.2 Å². The van der Waals surface area contributed by atoms with Crippen LogP contribution in [0.1, 0.15) is 6.92 Å². The molecule has 0 aromatic heterocycles. The highest BCUT2D eigenvalue weighted by atomic mass is 19.1. The second kappa shape index (κ2) is 5.07. The fourth-order valence-electron chi connectivity index (χ4n) is 1.15. The van der Waals surface area contributed by atoms with Crippen LogP contribution in [0.3, 0.4) is 0 Å². The Kier molecular flexibility index (Phi) is 3.97. The third-order valence-corrected chi connectivity index (χ3v) is 2.16. The van der Waals surface area contributed by atoms with Gasteiger partial charge in [-0.2, -0.15) is 0 Å². The lowest BCUT2D eigenvalue weighted by Gasteiger charge is -2.21. The van der Waals surface area contributed by atoms with Gasteiger partial charge in [-0.25, -0.2) is 4.39 Å². The van der Waals surface area contributed by atoms with E-state index in [4.69, 9.17) is 5.11 Å². The SMILES string of the molecule is CC(O)(CO)CNc1ccc(F)cc1[N+](=O)[O-]. The number of nitrogens with zero attached hydrogens (tertiary/aromatic N) is 1. The van der Waals surface area contributed by atoms with Gasteiger partial charge < -0.3 is 15.5 Å². The molecule has 3 N–H and O–H groups in total. The summed E-state index contributed by atoms with van der Waals surface area (Å²) in [6.07, 6.45) is 0. The first-order valence-electron chi connectivity index (χ1n) is 4.87. The van der Waals surface area contributed by atoms with Crippen molar-refractivity contribution in [2.24, 2.45) is 0 Å². The van der Waals surface area contributed by atoms with Crippen LogP contribution < -0.4 is 5.32 Å². The fraction of sp³-hybridized carbons (Fsp3) is 0.400. The first-order valence-corrected chi connectivity index (χ1v) is 4.87. The maximum atomic E-state index is 12.8. The molecule has 1 unspecified atom stereocenters. The average molecular weight is 244 g/mol. The molecule has 0 bridgehead atoms. The number of rotatable bonds is 5. The molecule has 0 aliphatic rings. The standard InChI is InChI=1S/C10H13FN2O4/c1-10(15,6-14)5-12-8-3-2-7(11)4-9(8)13(16)17/h2-4,12,14-15H,5-6H2,1H3. The normalized spacial score (nSPS) is 14.1. The van der Waals surface area contributed by atoms with Gasteiger partial charge in [0.25, 0.3) is 5.69 Å². The number of aliphatic hydroxyl groups is 2. The van der Waals surface area contributed by atoms with Crippen LogP contribution in [0.5, 0.6) is 0 Å². The van der Waals surface area contributed by atoms with Crippen molar-refractivity contribution >= 4 is 11.4 Å². The zero-order valence-electron chi connectivity index (χ0n) is 9.18. The van der Waals surface area contributed by atoms with Crippen molar-refractivity contribution in [3.8, 4) is 0 Å². The predicted octanol–water partition coefficient (Wildman–Crippen LogP) is 0.889. The van der Waals surface area contributed by atoms with Gasteiger partial charge in [-0.1, -0.05) is 0 Å². The van der Waals surface area contributed by atoms with Crippen molar-refractivity contribution in [2.45, 2.75) is 12.5 Å². The number of nitrogens with one attached hydrogen (secondary N) is 1. The van der Waals surface area contributed by atoms with E-state index in [0.717, 1.165) is 12.1 Å². The molecule has 0 saturated heterocycles. The highest BCUT2D eigenvalue weighted by molar-refractivity contribution is 5.61. The number of benzene rings is 1. The molecule has 6 nitrogen and oxygen atoms in total. The van der Waals surface area contributed by atoms with Gasteiger partial charge in [-0.05, 0) is 19.1 Å². The summed E-state index contributed by atoms with van der Waals surface area (Å²) >= 11 is 0. The molecule has 0 aliphatic heterocycles. The van der Waals surface area contributed by atoms with Gasteiger partial charge in [-0.15, -0.1) is 0 Å². The summed E-state index contributed by atoms with van der Waals surface area (Å²) < 4.78 is 12.8. The highest BCUT2D eigenvalue weighted by Crippen LogP contribution is 2.25. The highest BCUT2D eigenvalue weighted by Gasteiger charge is 2.21. The van der Waals surface area contributed by atoms with Gasteiger partial charge in [0, 0.05) is 6.54 Å². The summed E-state index contributed by atoms with van der Waals surface area (Å²) in [7, 11) is 0. The first kappa shape index (κ1) is 13.3. The molecule has 0 amide bonds. The smallest absolute Gasteiger partial charge is 0.295 e. The van der Waals surface area contributed by atoms with Crippen molar-refractivity contribution in [1.82, 2.24) is 0 Å². The van der Waals surface area contributed by atoms with Gasteiger partial charge in [0.2, 0.25) is 0 Å². The Balaban J connectivity index is 2.88. The van der Waals surface area contributed by atoms with Crippen molar-refractivity contribution in [3.05, 3.63) is 34.1 Å². The molecule has 0 aliphatic carbocycles. The van der Waals surface area contributed by atoms with Gasteiger partial charge >= 0.3 is 0 Å². The average Bonchev–Trinajstić information content (AvgIpc) is 2.27. The molecule has 1 aromatic rings. The number of nitro groups is 1. The van der Waals surface area contributed by atoms with Crippen LogP contribution in [-0.4, -0.2) is 33.9 Å². The van der Waals surface area contributed by atoms with Crippen molar-refractivity contribution in [2.75, 3.05) is 18.5 Å². The van der Waals surface area contributed by atoms with Crippen molar-refractivity contribution < 1.29 is 19.5 Å². The Morgan fingerprint density at radius 1 is 1.59 bits per heavy atom. The Labute approximate surface area is 96.8 Å². The number of hydrogen-bond donors (Lipinski definition) is 3. The van der Waals surface area contributed by atoms with Crippen LogP contribution in [-0.2, 0) is 0 Å². The van der Waals surface area contributed by atoms with Gasteiger partial charge in [0.15, 0.2) is 0 Å². The molecule has 0 spiro atoms. The first-order chi connectivity index (χ1) is 7.85. The van der Waals surface area contributed by atoms with E-state index in [2.05, 4.69) is 5.32 Å². The van der Waals surface area contributed by atoms with Crippen molar-refractivity contribution in [1.29, 1.82) is 0 Å². The molecule has 94 valence electrons. The Morgan fingerprint density at radius 3 is 2.76 bits per heavy atom. The summed E-state index contributed by atoms with van der Waals surface area (Å²) in [5.41, 5.74) is -1.73. The van der Waals surface area contributed by atoms with Crippen molar-refractivity contribution in [3.63, 3.8) is 0 Å². The summed E-state index contributed by atoms with van der Waals surface area (Å²) in [6.45, 7) is 0.792. The van der Waals surface area contributed by atoms with E-state index >= 15 is 0 Å². The summed E-state index contributed by atoms with van der Waals surface area (Å²) in [4.78, 5) is 9.93. The minimum Gasteiger partial charge on any atom is -0.393 e. The number of aliphatic hydroxyl groups excluding tert-OH is 1. The molecule has 17 heavy (non-hydrogen) atoms. The maximum Gasteiger partial charge on any atom is 0.295 e. The molecule has 1 rings (SSSR count). The fourth-order valence-corrected chi connectivity index (χ4v) is 1.15. The van der Waals surface area contributed by atoms with E-state index in [1.807, 2.05) is 0 Å². The minimum atomic E-state index is -1.40. The van der Waals surface area contributed by atoms with Gasteiger partial charge in [0.05, 0.1) is 17.6 Å². The van der Waals surface area contributed by atoms with E-state index in [0.29, 0.717) is 0 Å². The van der Waals surface area contributed by atoms with Crippen LogP contribution in [0.4, 0.5) is 15.8 Å². The van der Waals surface area contributed by atoms with Crippen LogP contribution in [0.15, 0.2) is 18.2 Å². The lowest BCUT2D eigenvalue weighted by Crippen LogP contribution is -2.37. The quantitative estimate of drug-likeness (QED) is 0.528. The second-order valence-corrected chi connectivity index (χ2v) is 3.93. The predicted molar refractivity (Wildman–Crippen MR) is 59.3 cm³/mol. The number of nitro benzene ring substituents is 1. The van der Waals surface area contributed by atoms with Gasteiger partial charge in [0.1, 0.15) is 17.1 Å². The lowest BCUT2D eigenvalue weighted by atomic mass is 10.1. The van der Waals surface area contributed by atoms with Crippen LogP contribution in [0, 0.1) is 15.9 Å². The summed E-state index contributed by atoms with van der Waals surface area (Å²) in [5, 5.41) is 31.6. The zero-order chi connectivity index (χ0) is 13.1. The molecule has 1 aromatic carbocycles. The molecular weight excluding hydrogens is 231 g/mol.